The molecule has 1 amide bonds. The van der Waals surface area contributed by atoms with Crippen molar-refractivity contribution in [3.8, 4) is 0 Å². The number of hydrogen-bond acceptors (Lipinski definition) is 3. The van der Waals surface area contributed by atoms with Crippen LogP contribution in [0.2, 0.25) is 0 Å². The van der Waals surface area contributed by atoms with Gasteiger partial charge in [-0.15, -0.1) is 6.58 Å². The number of carbonyl (C=O) groups is 1. The van der Waals surface area contributed by atoms with Crippen molar-refractivity contribution in [1.82, 2.24) is 4.31 Å². The van der Waals surface area contributed by atoms with Crippen LogP contribution < -0.4 is 5.32 Å². The van der Waals surface area contributed by atoms with E-state index in [1.165, 1.54) is 10.4 Å². The van der Waals surface area contributed by atoms with Crippen molar-refractivity contribution in [2.75, 3.05) is 24.7 Å². The Morgan fingerprint density at radius 3 is 2.65 bits per heavy atom. The first-order valence-corrected chi connectivity index (χ1v) is 8.59. The molecule has 0 heterocycles. The third-order valence-corrected chi connectivity index (χ3v) is 4.50. The average Bonchev–Trinajstić information content (AvgIpc) is 2.36. The van der Waals surface area contributed by atoms with Crippen LogP contribution in [0.3, 0.4) is 0 Å². The monoisotopic (exact) mass is 360 g/mol. The Hall–Kier alpha value is -1.18. The number of benzene rings is 1. The van der Waals surface area contributed by atoms with E-state index in [1.54, 1.807) is 12.1 Å². The van der Waals surface area contributed by atoms with E-state index in [1.807, 2.05) is 12.1 Å². The lowest BCUT2D eigenvalue weighted by molar-refractivity contribution is -0.116. The van der Waals surface area contributed by atoms with E-state index in [9.17, 15) is 13.2 Å². The lowest BCUT2D eigenvalue weighted by Gasteiger charge is -2.17. The number of carbonyl (C=O) groups excluding carboxylic acids is 1. The van der Waals surface area contributed by atoms with E-state index in [2.05, 4.69) is 27.8 Å². The quantitative estimate of drug-likeness (QED) is 0.758. The first-order chi connectivity index (χ1) is 9.34. The number of halogens is 1. The summed E-state index contributed by atoms with van der Waals surface area (Å²) in [5.41, 5.74) is 0.659. The topological polar surface area (TPSA) is 66.5 Å². The number of sulfonamides is 1. The molecular weight excluding hydrogens is 344 g/mol. The van der Waals surface area contributed by atoms with Crippen LogP contribution in [-0.4, -0.2) is 38.0 Å². The van der Waals surface area contributed by atoms with Crippen LogP contribution in [0.1, 0.15) is 6.42 Å². The van der Waals surface area contributed by atoms with Gasteiger partial charge in [-0.05, 0) is 28.1 Å². The van der Waals surface area contributed by atoms with Crippen LogP contribution in [-0.2, 0) is 14.8 Å². The molecule has 0 saturated heterocycles. The van der Waals surface area contributed by atoms with Crippen molar-refractivity contribution < 1.29 is 13.2 Å². The van der Waals surface area contributed by atoms with E-state index in [-0.39, 0.29) is 25.4 Å². The van der Waals surface area contributed by atoms with Gasteiger partial charge in [0.2, 0.25) is 15.9 Å². The summed E-state index contributed by atoms with van der Waals surface area (Å²) in [6, 6.07) is 7.23. The molecule has 0 unspecified atom stereocenters. The standard InChI is InChI=1S/C13H17BrN2O3S/c1-3-9-16(20(2,18)19)10-8-13(17)15-12-7-5-4-6-11(12)14/h3-7H,1,8-10H2,2H3,(H,15,17). The first-order valence-electron chi connectivity index (χ1n) is 5.95. The van der Waals surface area contributed by atoms with E-state index in [0.717, 1.165) is 10.7 Å². The summed E-state index contributed by atoms with van der Waals surface area (Å²) >= 11 is 3.33. The van der Waals surface area contributed by atoms with Gasteiger partial charge >= 0.3 is 0 Å². The molecular formula is C13H17BrN2O3S. The smallest absolute Gasteiger partial charge is 0.225 e. The van der Waals surface area contributed by atoms with Crippen LogP contribution in [0.25, 0.3) is 0 Å². The second-order valence-electron chi connectivity index (χ2n) is 4.19. The first kappa shape index (κ1) is 16.9. The van der Waals surface area contributed by atoms with Crippen molar-refractivity contribution in [2.45, 2.75) is 6.42 Å². The number of para-hydroxylation sites is 1. The molecule has 7 heteroatoms. The highest BCUT2D eigenvalue weighted by molar-refractivity contribution is 9.10. The van der Waals surface area contributed by atoms with Gasteiger partial charge in [-0.2, -0.15) is 4.31 Å². The Labute approximate surface area is 127 Å². The number of nitrogens with one attached hydrogen (secondary N) is 1. The summed E-state index contributed by atoms with van der Waals surface area (Å²) in [7, 11) is -3.33. The average molecular weight is 361 g/mol. The van der Waals surface area contributed by atoms with Gasteiger partial charge < -0.3 is 5.32 Å². The van der Waals surface area contributed by atoms with Gasteiger partial charge in [-0.3, -0.25) is 4.79 Å². The Morgan fingerprint density at radius 2 is 2.10 bits per heavy atom. The highest BCUT2D eigenvalue weighted by Gasteiger charge is 2.16. The minimum atomic E-state index is -3.33. The molecule has 20 heavy (non-hydrogen) atoms. The summed E-state index contributed by atoms with van der Waals surface area (Å²) in [5, 5.41) is 2.73. The van der Waals surface area contributed by atoms with Gasteiger partial charge in [0, 0.05) is 24.0 Å². The SMILES string of the molecule is C=CCN(CCC(=O)Nc1ccccc1Br)S(C)(=O)=O. The van der Waals surface area contributed by atoms with E-state index in [0.29, 0.717) is 5.69 Å². The summed E-state index contributed by atoms with van der Waals surface area (Å²) in [6.07, 6.45) is 2.69. The van der Waals surface area contributed by atoms with E-state index < -0.39 is 10.0 Å². The van der Waals surface area contributed by atoms with Crippen molar-refractivity contribution in [1.29, 1.82) is 0 Å². The van der Waals surface area contributed by atoms with Gasteiger partial charge in [0.25, 0.3) is 0 Å². The van der Waals surface area contributed by atoms with Crippen molar-refractivity contribution in [3.05, 3.63) is 41.4 Å². The molecule has 0 aliphatic heterocycles. The Morgan fingerprint density at radius 1 is 1.45 bits per heavy atom. The zero-order chi connectivity index (χ0) is 15.2. The molecule has 0 atom stereocenters. The predicted molar refractivity (Wildman–Crippen MR) is 84.0 cm³/mol. The molecule has 0 aliphatic carbocycles. The lowest BCUT2D eigenvalue weighted by Crippen LogP contribution is -2.33. The Bertz CT molecular complexity index is 587. The Balaban J connectivity index is 2.59. The maximum absolute atomic E-state index is 11.8. The molecule has 110 valence electrons. The lowest BCUT2D eigenvalue weighted by atomic mass is 10.3. The van der Waals surface area contributed by atoms with Crippen LogP contribution in [0.5, 0.6) is 0 Å². The van der Waals surface area contributed by atoms with Crippen LogP contribution in [0, 0.1) is 0 Å². The highest BCUT2D eigenvalue weighted by atomic mass is 79.9. The Kier molecular flexibility index (Phi) is 6.38. The third-order valence-electron chi connectivity index (χ3n) is 2.54. The predicted octanol–water partition coefficient (Wildman–Crippen LogP) is 2.23. The number of rotatable bonds is 7. The number of nitrogens with zero attached hydrogens (tertiary/aromatic N) is 1. The summed E-state index contributed by atoms with van der Waals surface area (Å²) in [4.78, 5) is 11.8. The maximum atomic E-state index is 11.8. The molecule has 0 aliphatic rings. The third kappa shape index (κ3) is 5.44. The minimum Gasteiger partial charge on any atom is -0.325 e. The number of hydrogen-bond donors (Lipinski definition) is 1. The molecule has 1 aromatic rings. The van der Waals surface area contributed by atoms with Crippen LogP contribution in [0.15, 0.2) is 41.4 Å². The fourth-order valence-corrected chi connectivity index (χ4v) is 2.72. The molecule has 1 aromatic carbocycles. The van der Waals surface area contributed by atoms with Crippen LogP contribution in [0.4, 0.5) is 5.69 Å². The van der Waals surface area contributed by atoms with E-state index >= 15 is 0 Å². The van der Waals surface area contributed by atoms with Gasteiger partial charge in [-0.25, -0.2) is 8.42 Å². The molecule has 0 saturated carbocycles. The van der Waals surface area contributed by atoms with Gasteiger partial charge in [0.05, 0.1) is 11.9 Å². The minimum absolute atomic E-state index is 0.0856. The molecule has 0 aromatic heterocycles. The van der Waals surface area contributed by atoms with E-state index in [4.69, 9.17) is 0 Å². The largest absolute Gasteiger partial charge is 0.325 e. The van der Waals surface area contributed by atoms with Gasteiger partial charge in [0.1, 0.15) is 0 Å². The van der Waals surface area contributed by atoms with Gasteiger partial charge in [0.15, 0.2) is 0 Å². The normalized spacial score (nSPS) is 11.3. The number of anilines is 1. The number of amides is 1. The molecule has 0 radical (unpaired) electrons. The second kappa shape index (κ2) is 7.56. The molecule has 1 N–H and O–H groups in total. The molecule has 0 spiro atoms. The molecule has 5 nitrogen and oxygen atoms in total. The summed E-state index contributed by atoms with van der Waals surface area (Å²) < 4.78 is 25.0. The highest BCUT2D eigenvalue weighted by Crippen LogP contribution is 2.21. The van der Waals surface area contributed by atoms with Gasteiger partial charge in [-0.1, -0.05) is 18.2 Å². The maximum Gasteiger partial charge on any atom is 0.225 e. The second-order valence-corrected chi connectivity index (χ2v) is 7.02. The van der Waals surface area contributed by atoms with Crippen molar-refractivity contribution >= 4 is 37.5 Å². The molecule has 0 fully saturated rings. The fraction of sp³-hybridized carbons (Fsp3) is 0.308. The van der Waals surface area contributed by atoms with Crippen molar-refractivity contribution in [3.63, 3.8) is 0 Å². The summed E-state index contributed by atoms with van der Waals surface area (Å²) in [6.45, 7) is 3.83. The zero-order valence-corrected chi connectivity index (χ0v) is 13.6. The zero-order valence-electron chi connectivity index (χ0n) is 11.2. The van der Waals surface area contributed by atoms with Crippen LogP contribution >= 0.6 is 15.9 Å². The molecule has 0 bridgehead atoms. The fourth-order valence-electron chi connectivity index (χ4n) is 1.54. The van der Waals surface area contributed by atoms with Crippen molar-refractivity contribution in [2.24, 2.45) is 0 Å². The molecule has 1 rings (SSSR count). The summed E-state index contributed by atoms with van der Waals surface area (Å²) in [5.74, 6) is -0.241.